The van der Waals surface area contributed by atoms with Crippen LogP contribution in [0, 0.1) is 27.4 Å². The summed E-state index contributed by atoms with van der Waals surface area (Å²) in [5.41, 5.74) is 12.3. The third-order valence-electron chi connectivity index (χ3n) is 16.5. The van der Waals surface area contributed by atoms with E-state index in [-0.39, 0.29) is 22.2 Å². The number of hydrogen-bond acceptors (Lipinski definition) is 8. The molecule has 0 unspecified atom stereocenters. The van der Waals surface area contributed by atoms with E-state index >= 15 is 0 Å². The molecule has 1 N–H and O–H groups in total. The monoisotopic (exact) mass is 1450 g/mol. The molecule has 0 aliphatic heterocycles. The number of aromatic nitrogens is 12. The lowest BCUT2D eigenvalue weighted by Crippen LogP contribution is -2.22. The fourth-order valence-corrected chi connectivity index (χ4v) is 13.0. The number of nitrogens with zero attached hydrogens (tertiary/aromatic N) is 11. The van der Waals surface area contributed by atoms with Crippen molar-refractivity contribution in [3.05, 3.63) is 266 Å². The molecule has 0 bridgehead atoms. The highest BCUT2D eigenvalue weighted by Gasteiger charge is 2.20. The van der Waals surface area contributed by atoms with Crippen LogP contribution in [-0.4, -0.2) is 57.8 Å². The Morgan fingerprint density at radius 2 is 0.705 bits per heavy atom. The summed E-state index contributed by atoms with van der Waals surface area (Å²) in [6.07, 6.45) is 17.2. The van der Waals surface area contributed by atoms with Crippen molar-refractivity contribution in [2.75, 3.05) is 0 Å². The van der Waals surface area contributed by atoms with Gasteiger partial charge < -0.3 is 18.7 Å². The molecule has 0 aliphatic rings. The van der Waals surface area contributed by atoms with Gasteiger partial charge in [-0.3, -0.25) is 19.2 Å². The lowest BCUT2D eigenvalue weighted by Gasteiger charge is -2.07. The third kappa shape index (κ3) is 16.7. The normalized spacial score (nSPS) is 11.5. The number of nitrogens with one attached hydrogen (secondary N) is 1. The molecule has 18 heteroatoms. The van der Waals surface area contributed by atoms with E-state index in [9.17, 15) is 19.2 Å². The Bertz CT molecular complexity index is 5030. The molecule has 0 spiro atoms. The van der Waals surface area contributed by atoms with Crippen LogP contribution in [0.5, 0.6) is 0 Å². The lowest BCUT2D eigenvalue weighted by atomic mass is 10.0. The zero-order valence-electron chi connectivity index (χ0n) is 56.3. The van der Waals surface area contributed by atoms with Gasteiger partial charge in [0.25, 0.3) is 22.2 Å². The third-order valence-corrected chi connectivity index (χ3v) is 18.1. The quantitative estimate of drug-likeness (QED) is 0.0932. The number of fused-ring (bicyclic) bond motifs is 4. The fourth-order valence-electron chi connectivity index (χ4n) is 11.9. The van der Waals surface area contributed by atoms with Gasteiger partial charge in [-0.05, 0) is 123 Å². The molecule has 13 rings (SSSR count). The number of benzene rings is 5. The van der Waals surface area contributed by atoms with Gasteiger partial charge in [-0.2, -0.15) is 20.4 Å². The molecule has 95 heavy (non-hydrogen) atoms. The topological polar surface area (TPSA) is 170 Å². The SMILES string of the molecule is CC(C)Cc1nn(C)c(=O)c2c(I)n(Cc3ccc(-c4ccccc4)cc3)cc12.CC(C)Cc1nn(C)c(=O)c2c[nH]cc12.CC(C)Cc1nn(C)c(=O)c2cn(Cc3ccc(-c4ccccc4)cc3)cc12.CC(C)Cc1nn(C)c(=O)c2cn(Cc3ccc(Br)cc3)cc12. The maximum Gasteiger partial charge on any atom is 0.277 e. The molecular formula is C77H84BrIN12O4. The highest BCUT2D eigenvalue weighted by atomic mass is 127. The average Bonchev–Trinajstić information content (AvgIpc) is 1.66. The number of aromatic amines is 1. The number of aryl methyl sites for hydroxylation is 4. The molecule has 5 aromatic carbocycles. The van der Waals surface area contributed by atoms with Gasteiger partial charge in [-0.25, -0.2) is 18.7 Å². The van der Waals surface area contributed by atoms with Crippen LogP contribution >= 0.6 is 38.5 Å². The van der Waals surface area contributed by atoms with E-state index in [0.717, 1.165) is 119 Å². The van der Waals surface area contributed by atoms with Crippen LogP contribution in [-0.2, 0) is 73.5 Å². The Morgan fingerprint density at radius 3 is 1.12 bits per heavy atom. The first-order chi connectivity index (χ1) is 45.5. The molecule has 16 nitrogen and oxygen atoms in total. The molecule has 0 saturated heterocycles. The van der Waals surface area contributed by atoms with E-state index in [0.29, 0.717) is 23.7 Å². The summed E-state index contributed by atoms with van der Waals surface area (Å²) in [6, 6.07) is 46.2. The second-order valence-corrected chi connectivity index (χ2v) is 28.2. The van der Waals surface area contributed by atoms with Crippen LogP contribution < -0.4 is 22.2 Å². The Kier molecular flexibility index (Phi) is 22.2. The molecule has 0 amide bonds. The van der Waals surface area contributed by atoms with Crippen molar-refractivity contribution < 1.29 is 0 Å². The number of halogens is 2. The predicted octanol–water partition coefficient (Wildman–Crippen LogP) is 15.1. The molecule has 13 aromatic rings. The lowest BCUT2D eigenvalue weighted by molar-refractivity contribution is 0.605. The summed E-state index contributed by atoms with van der Waals surface area (Å²) in [5, 5.41) is 24.7. The van der Waals surface area contributed by atoms with Gasteiger partial charge in [0, 0.05) is 117 Å². The van der Waals surface area contributed by atoms with Gasteiger partial charge in [0.15, 0.2) is 0 Å². The molecule has 0 aliphatic carbocycles. The van der Waals surface area contributed by atoms with Crippen molar-refractivity contribution in [3.63, 3.8) is 0 Å². The van der Waals surface area contributed by atoms with Gasteiger partial charge in [0.05, 0.1) is 48.0 Å². The van der Waals surface area contributed by atoms with Gasteiger partial charge in [0.2, 0.25) is 0 Å². The summed E-state index contributed by atoms with van der Waals surface area (Å²) < 4.78 is 14.2. The van der Waals surface area contributed by atoms with E-state index < -0.39 is 0 Å². The van der Waals surface area contributed by atoms with Crippen molar-refractivity contribution in [2.45, 2.75) is 101 Å². The van der Waals surface area contributed by atoms with Crippen LogP contribution in [0.3, 0.4) is 0 Å². The van der Waals surface area contributed by atoms with Gasteiger partial charge >= 0.3 is 0 Å². The Labute approximate surface area is 576 Å². The Hall–Kier alpha value is -9.01. The van der Waals surface area contributed by atoms with Crippen molar-refractivity contribution in [1.82, 2.24) is 57.8 Å². The van der Waals surface area contributed by atoms with Crippen molar-refractivity contribution in [1.29, 1.82) is 0 Å². The van der Waals surface area contributed by atoms with Crippen LogP contribution in [0.2, 0.25) is 0 Å². The number of rotatable bonds is 16. The Balaban J connectivity index is 0.000000141. The summed E-state index contributed by atoms with van der Waals surface area (Å²) in [4.78, 5) is 52.3. The van der Waals surface area contributed by atoms with E-state index in [1.807, 2.05) is 49.1 Å². The molecule has 490 valence electrons. The van der Waals surface area contributed by atoms with Crippen LogP contribution in [0.1, 0.15) is 94.9 Å². The Morgan fingerprint density at radius 1 is 0.379 bits per heavy atom. The van der Waals surface area contributed by atoms with Crippen molar-refractivity contribution in [2.24, 2.45) is 51.9 Å². The smallest absolute Gasteiger partial charge is 0.277 e. The maximum absolute atomic E-state index is 12.7. The zero-order valence-corrected chi connectivity index (χ0v) is 60.1. The predicted molar refractivity (Wildman–Crippen MR) is 398 cm³/mol. The van der Waals surface area contributed by atoms with E-state index in [2.05, 4.69) is 255 Å². The van der Waals surface area contributed by atoms with Crippen molar-refractivity contribution >= 4 is 81.6 Å². The molecule has 0 fully saturated rings. The first-order valence-electron chi connectivity index (χ1n) is 32.4. The van der Waals surface area contributed by atoms with Crippen LogP contribution in [0.4, 0.5) is 0 Å². The number of hydrogen-bond donors (Lipinski definition) is 1. The second kappa shape index (κ2) is 30.6. The summed E-state index contributed by atoms with van der Waals surface area (Å²) in [7, 11) is 6.88. The summed E-state index contributed by atoms with van der Waals surface area (Å²) in [5.74, 6) is 2.00. The van der Waals surface area contributed by atoms with Gasteiger partial charge in [-0.15, -0.1) is 0 Å². The molecule has 8 aromatic heterocycles. The fraction of sp³-hybridized carbons (Fsp3) is 0.299. The van der Waals surface area contributed by atoms with Gasteiger partial charge in [-0.1, -0.05) is 193 Å². The molecule has 8 heterocycles. The van der Waals surface area contributed by atoms with Crippen LogP contribution in [0.15, 0.2) is 200 Å². The minimum atomic E-state index is -0.0428. The molecular weight excluding hydrogens is 1360 g/mol. The maximum atomic E-state index is 12.7. The minimum Gasteiger partial charge on any atom is -0.366 e. The van der Waals surface area contributed by atoms with Crippen LogP contribution in [0.25, 0.3) is 65.3 Å². The second-order valence-electron chi connectivity index (χ2n) is 26.3. The average molecular weight is 1450 g/mol. The molecule has 0 saturated carbocycles. The molecule has 0 radical (unpaired) electrons. The number of H-pyrrole nitrogens is 1. The summed E-state index contributed by atoms with van der Waals surface area (Å²) >= 11 is 5.74. The highest BCUT2D eigenvalue weighted by molar-refractivity contribution is 14.1. The van der Waals surface area contributed by atoms with E-state index in [1.165, 1.54) is 57.7 Å². The zero-order chi connectivity index (χ0) is 67.8. The minimum absolute atomic E-state index is 0.0323. The van der Waals surface area contributed by atoms with Crippen molar-refractivity contribution in [3.8, 4) is 22.3 Å². The van der Waals surface area contributed by atoms with Gasteiger partial charge in [0.1, 0.15) is 0 Å². The van der Waals surface area contributed by atoms with E-state index in [4.69, 9.17) is 0 Å². The van der Waals surface area contributed by atoms with E-state index in [1.54, 1.807) is 34.4 Å². The molecule has 0 atom stereocenters. The highest BCUT2D eigenvalue weighted by Crippen LogP contribution is 2.28. The first kappa shape index (κ1) is 68.8. The first-order valence-corrected chi connectivity index (χ1v) is 34.3. The largest absolute Gasteiger partial charge is 0.366 e. The standard InChI is InChI=1S/C24H24IN3O.C24H25N3O.C18H20BrN3O.C11H15N3O/c1-16(2)13-21-20-15-28(23(25)22(20)24(29)27(3)26-21)14-17-9-11-19(12-10-17)18-7-5-4-6-8-18;1-17(2)13-23-21-15-27(16-22(21)24(28)26(3)25-23)14-18-9-11-20(12-10-18)19-7-5-4-6-8-19;1-12(2)8-17-15-10-22(9-13-4-6-14(19)7-5-13)11-16(15)18(23)21(3)20-17;1-7(2)4-10-8-5-12-6-9(8)11(15)14(3)13-10/h4-12,15-16H,13-14H2,1-3H3;4-12,15-17H,13-14H2,1-3H3;4-7,10-12H,8-9H2,1-3H3;5-7,12H,4H2,1-3H3. The summed E-state index contributed by atoms with van der Waals surface area (Å²) in [6.45, 7) is 19.5.